The first-order valence-corrected chi connectivity index (χ1v) is 13.3. The Labute approximate surface area is 193 Å². The molecule has 2 rings (SSSR count). The molecule has 1 heteroatoms. The molecular formula is C29H48S. The number of rotatable bonds is 8. The average Bonchev–Trinajstić information content (AvgIpc) is 2.72. The first-order chi connectivity index (χ1) is 14.3. The van der Waals surface area contributed by atoms with Gasteiger partial charge in [-0.25, -0.2) is 0 Å². The SMILES string of the molecule is CCC(SC)c1ccc(C)c(C)c1.CCCC.CCCCCc1cc(C)cc(C)c1. The Morgan fingerprint density at radius 2 is 1.30 bits per heavy atom. The van der Waals surface area contributed by atoms with Crippen molar-refractivity contribution >= 4 is 11.8 Å². The minimum Gasteiger partial charge on any atom is -0.157 e. The van der Waals surface area contributed by atoms with Crippen LogP contribution in [-0.2, 0) is 6.42 Å². The van der Waals surface area contributed by atoms with Crippen molar-refractivity contribution in [1.82, 2.24) is 0 Å². The first-order valence-electron chi connectivity index (χ1n) is 12.0. The summed E-state index contributed by atoms with van der Waals surface area (Å²) in [6.07, 6.45) is 11.3. The molecule has 2 aromatic rings. The fourth-order valence-electron chi connectivity index (χ4n) is 3.30. The molecule has 0 aliphatic heterocycles. The molecule has 0 radical (unpaired) electrons. The van der Waals surface area contributed by atoms with Crippen LogP contribution in [0.2, 0.25) is 0 Å². The van der Waals surface area contributed by atoms with Crippen molar-refractivity contribution in [3.8, 4) is 0 Å². The molecular weight excluding hydrogens is 380 g/mol. The zero-order valence-corrected chi connectivity index (χ0v) is 22.2. The Morgan fingerprint density at radius 1 is 0.700 bits per heavy atom. The maximum absolute atomic E-state index is 2.32. The third-order valence-corrected chi connectivity index (χ3v) is 6.58. The Bertz CT molecular complexity index is 661. The normalized spacial score (nSPS) is 11.1. The molecule has 0 saturated heterocycles. The Hall–Kier alpha value is -1.21. The van der Waals surface area contributed by atoms with Crippen LogP contribution < -0.4 is 0 Å². The highest BCUT2D eigenvalue weighted by Gasteiger charge is 2.07. The van der Waals surface area contributed by atoms with E-state index < -0.39 is 0 Å². The lowest BCUT2D eigenvalue weighted by Crippen LogP contribution is -1.93. The fourth-order valence-corrected chi connectivity index (χ4v) is 4.05. The van der Waals surface area contributed by atoms with Crippen LogP contribution in [0, 0.1) is 27.7 Å². The maximum atomic E-state index is 2.32. The molecule has 2 aromatic carbocycles. The zero-order chi connectivity index (χ0) is 22.9. The molecule has 0 bridgehead atoms. The second kappa shape index (κ2) is 17.5. The Balaban J connectivity index is 0.000000477. The van der Waals surface area contributed by atoms with Gasteiger partial charge in [0.05, 0.1) is 0 Å². The number of benzene rings is 2. The van der Waals surface area contributed by atoms with Crippen molar-refractivity contribution in [2.75, 3.05) is 6.26 Å². The quantitative estimate of drug-likeness (QED) is 0.377. The number of thioether (sulfide) groups is 1. The number of hydrogen-bond acceptors (Lipinski definition) is 1. The molecule has 0 nitrogen and oxygen atoms in total. The van der Waals surface area contributed by atoms with E-state index in [9.17, 15) is 0 Å². The van der Waals surface area contributed by atoms with Crippen molar-refractivity contribution in [2.45, 2.75) is 106 Å². The smallest absolute Gasteiger partial charge is 0.0292 e. The van der Waals surface area contributed by atoms with Crippen LogP contribution >= 0.6 is 11.8 Å². The van der Waals surface area contributed by atoms with Crippen molar-refractivity contribution in [3.63, 3.8) is 0 Å². The highest BCUT2D eigenvalue weighted by Crippen LogP contribution is 2.30. The summed E-state index contributed by atoms with van der Waals surface area (Å²) in [7, 11) is 0. The monoisotopic (exact) mass is 428 g/mol. The molecule has 30 heavy (non-hydrogen) atoms. The van der Waals surface area contributed by atoms with Gasteiger partial charge in [0.25, 0.3) is 0 Å². The number of unbranched alkanes of at least 4 members (excludes halogenated alkanes) is 3. The van der Waals surface area contributed by atoms with Gasteiger partial charge in [0.2, 0.25) is 0 Å². The van der Waals surface area contributed by atoms with Gasteiger partial charge in [0.15, 0.2) is 0 Å². The van der Waals surface area contributed by atoms with Gasteiger partial charge < -0.3 is 0 Å². The van der Waals surface area contributed by atoms with Crippen LogP contribution in [-0.4, -0.2) is 6.26 Å². The largest absolute Gasteiger partial charge is 0.157 e. The van der Waals surface area contributed by atoms with E-state index >= 15 is 0 Å². The lowest BCUT2D eigenvalue weighted by Gasteiger charge is -2.13. The van der Waals surface area contributed by atoms with E-state index in [1.165, 1.54) is 78.3 Å². The van der Waals surface area contributed by atoms with Crippen molar-refractivity contribution in [3.05, 3.63) is 69.8 Å². The molecule has 0 aliphatic rings. The summed E-state index contributed by atoms with van der Waals surface area (Å²) in [6, 6.07) is 13.7. The predicted molar refractivity (Wildman–Crippen MR) is 142 cm³/mol. The summed E-state index contributed by atoms with van der Waals surface area (Å²) in [5.41, 5.74) is 8.56. The zero-order valence-electron chi connectivity index (χ0n) is 21.4. The van der Waals surface area contributed by atoms with E-state index in [-0.39, 0.29) is 0 Å². The first kappa shape index (κ1) is 28.8. The summed E-state index contributed by atoms with van der Waals surface area (Å²) in [4.78, 5) is 0. The minimum absolute atomic E-state index is 0.666. The maximum Gasteiger partial charge on any atom is 0.0292 e. The van der Waals surface area contributed by atoms with Crippen LogP contribution in [0.5, 0.6) is 0 Å². The molecule has 0 spiro atoms. The lowest BCUT2D eigenvalue weighted by atomic mass is 10.0. The third kappa shape index (κ3) is 12.5. The summed E-state index contributed by atoms with van der Waals surface area (Å²) in [5, 5.41) is 0.666. The molecule has 0 heterocycles. The van der Waals surface area contributed by atoms with Crippen LogP contribution in [0.1, 0.15) is 105 Å². The molecule has 1 unspecified atom stereocenters. The standard InChI is InChI=1S/C13H20.C12H18S.C4H10/c1-4-5-6-7-13-9-11(2)8-12(3)10-13;1-5-12(13-4)11-7-6-9(2)10(3)8-11;1-3-4-2/h8-10H,4-7H2,1-3H3;6-8,12H,5H2,1-4H3;3-4H2,1-2H3. The van der Waals surface area contributed by atoms with Crippen LogP contribution in [0.4, 0.5) is 0 Å². The van der Waals surface area contributed by atoms with Crippen LogP contribution in [0.25, 0.3) is 0 Å². The topological polar surface area (TPSA) is 0 Å². The second-order valence-corrected chi connectivity index (χ2v) is 9.47. The summed E-state index contributed by atoms with van der Waals surface area (Å²) >= 11 is 1.94. The average molecular weight is 429 g/mol. The van der Waals surface area contributed by atoms with Crippen molar-refractivity contribution in [2.24, 2.45) is 0 Å². The van der Waals surface area contributed by atoms with E-state index in [0.717, 1.165) is 0 Å². The molecule has 0 fully saturated rings. The summed E-state index contributed by atoms with van der Waals surface area (Å²) in [5.74, 6) is 0. The summed E-state index contributed by atoms with van der Waals surface area (Å²) < 4.78 is 0. The lowest BCUT2D eigenvalue weighted by molar-refractivity contribution is 0.717. The summed E-state index contributed by atoms with van der Waals surface area (Å²) in [6.45, 7) is 17.6. The van der Waals surface area contributed by atoms with Crippen molar-refractivity contribution in [1.29, 1.82) is 0 Å². The van der Waals surface area contributed by atoms with Gasteiger partial charge in [-0.1, -0.05) is 101 Å². The minimum atomic E-state index is 0.666. The molecule has 0 saturated carbocycles. The number of aryl methyl sites for hydroxylation is 5. The number of hydrogen-bond donors (Lipinski definition) is 0. The molecule has 0 N–H and O–H groups in total. The molecule has 1 atom stereocenters. The molecule has 170 valence electrons. The Morgan fingerprint density at radius 3 is 1.73 bits per heavy atom. The predicted octanol–water partition coefficient (Wildman–Crippen LogP) is 9.96. The van der Waals surface area contributed by atoms with E-state index in [2.05, 4.69) is 98.0 Å². The van der Waals surface area contributed by atoms with Gasteiger partial charge in [-0.05, 0) is 75.5 Å². The third-order valence-electron chi connectivity index (χ3n) is 5.41. The highest BCUT2D eigenvalue weighted by molar-refractivity contribution is 7.98. The van der Waals surface area contributed by atoms with E-state index in [1.807, 2.05) is 11.8 Å². The molecule has 0 aliphatic carbocycles. The molecule has 0 aromatic heterocycles. The fraction of sp³-hybridized carbons (Fsp3) is 0.586. The van der Waals surface area contributed by atoms with E-state index in [4.69, 9.17) is 0 Å². The second-order valence-electron chi connectivity index (χ2n) is 8.43. The van der Waals surface area contributed by atoms with Gasteiger partial charge >= 0.3 is 0 Å². The van der Waals surface area contributed by atoms with Crippen molar-refractivity contribution < 1.29 is 0 Å². The Kier molecular flexibility index (Phi) is 16.8. The van der Waals surface area contributed by atoms with Gasteiger partial charge in [0, 0.05) is 5.25 Å². The van der Waals surface area contributed by atoms with Gasteiger partial charge in [0.1, 0.15) is 0 Å². The van der Waals surface area contributed by atoms with E-state index in [0.29, 0.717) is 5.25 Å². The van der Waals surface area contributed by atoms with E-state index in [1.54, 1.807) is 0 Å². The van der Waals surface area contributed by atoms with Gasteiger partial charge in [-0.2, -0.15) is 11.8 Å². The van der Waals surface area contributed by atoms with Gasteiger partial charge in [-0.3, -0.25) is 0 Å². The van der Waals surface area contributed by atoms with Crippen LogP contribution in [0.15, 0.2) is 36.4 Å². The molecule has 0 amide bonds. The van der Waals surface area contributed by atoms with Gasteiger partial charge in [-0.15, -0.1) is 0 Å². The highest BCUT2D eigenvalue weighted by atomic mass is 32.2. The van der Waals surface area contributed by atoms with Crippen LogP contribution in [0.3, 0.4) is 0 Å².